The van der Waals surface area contributed by atoms with Crippen molar-refractivity contribution in [2.24, 2.45) is 0 Å². The highest BCUT2D eigenvalue weighted by Gasteiger charge is 2.32. The van der Waals surface area contributed by atoms with Crippen LogP contribution < -0.4 is 10.5 Å². The van der Waals surface area contributed by atoms with Crippen LogP contribution in [0.5, 0.6) is 0 Å². The van der Waals surface area contributed by atoms with Crippen LogP contribution in [0.3, 0.4) is 0 Å². The summed E-state index contributed by atoms with van der Waals surface area (Å²) in [6.45, 7) is 11.2. The lowest BCUT2D eigenvalue weighted by Gasteiger charge is -2.35. The first-order valence-electron chi connectivity index (χ1n) is 11.2. The molecule has 0 spiro atoms. The zero-order chi connectivity index (χ0) is 22.8. The number of piperazine rings is 1. The zero-order valence-corrected chi connectivity index (χ0v) is 20.5. The first kappa shape index (κ1) is 22.9. The topological polar surface area (TPSA) is 61.2 Å². The smallest absolute Gasteiger partial charge is 0.267 e. The molecule has 2 fully saturated rings. The summed E-state index contributed by atoms with van der Waals surface area (Å²) in [6, 6.07) is 3.83. The highest BCUT2D eigenvalue weighted by molar-refractivity contribution is 8.26. The van der Waals surface area contributed by atoms with E-state index in [0.29, 0.717) is 32.8 Å². The van der Waals surface area contributed by atoms with E-state index >= 15 is 0 Å². The predicted molar refractivity (Wildman–Crippen MR) is 135 cm³/mol. The number of carbonyl (C=O) groups is 1. The van der Waals surface area contributed by atoms with Gasteiger partial charge in [0, 0.05) is 38.9 Å². The second kappa shape index (κ2) is 9.72. The normalized spacial score (nSPS) is 19.0. The van der Waals surface area contributed by atoms with Crippen molar-refractivity contribution in [3.05, 3.63) is 44.7 Å². The molecular formula is C23H29N5O2S2. The minimum atomic E-state index is -0.162. The van der Waals surface area contributed by atoms with Crippen LogP contribution in [0.4, 0.5) is 5.82 Å². The van der Waals surface area contributed by atoms with Crippen molar-refractivity contribution in [3.63, 3.8) is 0 Å². The number of amides is 1. The average Bonchev–Trinajstić information content (AvgIpc) is 3.06. The van der Waals surface area contributed by atoms with Crippen LogP contribution in [-0.4, -0.2) is 68.7 Å². The van der Waals surface area contributed by atoms with Gasteiger partial charge < -0.3 is 9.80 Å². The van der Waals surface area contributed by atoms with Gasteiger partial charge in [-0.25, -0.2) is 4.98 Å². The third-order valence-corrected chi connectivity index (χ3v) is 7.37. The molecule has 0 unspecified atom stereocenters. The van der Waals surface area contributed by atoms with Gasteiger partial charge in [0.1, 0.15) is 15.8 Å². The number of carbonyl (C=O) groups excluding carboxylic acids is 1. The highest BCUT2D eigenvalue weighted by atomic mass is 32.2. The summed E-state index contributed by atoms with van der Waals surface area (Å²) in [5.41, 5.74) is 1.88. The molecule has 9 heteroatoms. The van der Waals surface area contributed by atoms with Crippen LogP contribution in [0.25, 0.3) is 11.7 Å². The largest absolute Gasteiger partial charge is 0.353 e. The zero-order valence-electron chi connectivity index (χ0n) is 18.8. The maximum Gasteiger partial charge on any atom is 0.267 e. The third-order valence-electron chi connectivity index (χ3n) is 5.99. The first-order chi connectivity index (χ1) is 15.4. The van der Waals surface area contributed by atoms with Crippen molar-refractivity contribution in [3.8, 4) is 0 Å². The van der Waals surface area contributed by atoms with Gasteiger partial charge in [-0.05, 0) is 37.6 Å². The van der Waals surface area contributed by atoms with E-state index in [1.807, 2.05) is 19.1 Å². The maximum absolute atomic E-state index is 13.6. The molecule has 2 aliphatic rings. The number of rotatable bonds is 6. The van der Waals surface area contributed by atoms with Crippen molar-refractivity contribution in [2.75, 3.05) is 44.2 Å². The number of pyridine rings is 1. The Balaban J connectivity index is 1.79. The van der Waals surface area contributed by atoms with Crippen LogP contribution in [0, 0.1) is 6.92 Å². The summed E-state index contributed by atoms with van der Waals surface area (Å²) in [6.07, 6.45) is 5.38. The number of unbranched alkanes of at least 4 members (excludes halogenated alkanes) is 1. The fraction of sp³-hybridized carbons (Fsp3) is 0.478. The molecule has 170 valence electrons. The van der Waals surface area contributed by atoms with Crippen LogP contribution in [-0.2, 0) is 4.79 Å². The molecule has 4 heterocycles. The Bertz CT molecular complexity index is 1140. The lowest BCUT2D eigenvalue weighted by molar-refractivity contribution is -0.122. The van der Waals surface area contributed by atoms with E-state index in [1.165, 1.54) is 11.8 Å². The van der Waals surface area contributed by atoms with E-state index in [1.54, 1.807) is 21.6 Å². The maximum atomic E-state index is 13.6. The number of thiocarbonyl (C=S) groups is 1. The molecule has 0 bridgehead atoms. The second-order valence-corrected chi connectivity index (χ2v) is 9.87. The van der Waals surface area contributed by atoms with E-state index in [4.69, 9.17) is 17.2 Å². The Hall–Kier alpha value is -2.23. The Kier molecular flexibility index (Phi) is 6.97. The van der Waals surface area contributed by atoms with Crippen molar-refractivity contribution in [1.29, 1.82) is 0 Å². The number of thioether (sulfide) groups is 1. The number of nitrogens with zero attached hydrogens (tertiary/aromatic N) is 5. The molecule has 0 atom stereocenters. The van der Waals surface area contributed by atoms with Crippen molar-refractivity contribution in [1.82, 2.24) is 19.2 Å². The van der Waals surface area contributed by atoms with E-state index < -0.39 is 0 Å². The van der Waals surface area contributed by atoms with E-state index in [-0.39, 0.29) is 11.5 Å². The quantitative estimate of drug-likeness (QED) is 0.474. The number of aromatic nitrogens is 2. The Morgan fingerprint density at radius 1 is 1.16 bits per heavy atom. The molecule has 0 saturated carbocycles. The average molecular weight is 472 g/mol. The Morgan fingerprint density at radius 3 is 2.59 bits per heavy atom. The highest BCUT2D eigenvalue weighted by Crippen LogP contribution is 2.33. The van der Waals surface area contributed by atoms with E-state index in [0.717, 1.165) is 51.1 Å². The predicted octanol–water partition coefficient (Wildman–Crippen LogP) is 3.15. The lowest BCUT2D eigenvalue weighted by Crippen LogP contribution is -2.47. The summed E-state index contributed by atoms with van der Waals surface area (Å²) in [7, 11) is 0. The van der Waals surface area contributed by atoms with Gasteiger partial charge in [0.15, 0.2) is 0 Å². The van der Waals surface area contributed by atoms with Crippen molar-refractivity contribution < 1.29 is 4.79 Å². The molecule has 2 aromatic heterocycles. The summed E-state index contributed by atoms with van der Waals surface area (Å²) >= 11 is 6.72. The molecule has 0 N–H and O–H groups in total. The molecule has 32 heavy (non-hydrogen) atoms. The van der Waals surface area contributed by atoms with Crippen molar-refractivity contribution in [2.45, 2.75) is 33.6 Å². The van der Waals surface area contributed by atoms with E-state index in [9.17, 15) is 9.59 Å². The van der Waals surface area contributed by atoms with E-state index in [2.05, 4.69) is 23.6 Å². The molecule has 7 nitrogen and oxygen atoms in total. The molecule has 4 rings (SSSR count). The number of anilines is 1. The lowest BCUT2D eigenvalue weighted by atomic mass is 10.2. The summed E-state index contributed by atoms with van der Waals surface area (Å²) in [5.74, 6) is 0.525. The monoisotopic (exact) mass is 471 g/mol. The van der Waals surface area contributed by atoms with Gasteiger partial charge in [0.2, 0.25) is 0 Å². The minimum absolute atomic E-state index is 0.121. The Morgan fingerprint density at radius 2 is 1.91 bits per heavy atom. The standard InChI is InChI=1S/C23H29N5O2S2/c1-4-6-9-27-22(30)18(32-23(27)31)14-17-20(26-12-10-25(5-2)11-13-26)24-19-8-7-16(3)15-28(19)21(17)29/h7-8,14-15H,4-6,9-13H2,1-3H3/b18-14+. The van der Waals surface area contributed by atoms with Gasteiger partial charge in [-0.3, -0.25) is 18.9 Å². The summed E-state index contributed by atoms with van der Waals surface area (Å²) in [4.78, 5) is 38.1. The number of aryl methyl sites for hydroxylation is 1. The van der Waals surface area contributed by atoms with Crippen LogP contribution >= 0.6 is 24.0 Å². The second-order valence-electron chi connectivity index (χ2n) is 8.20. The van der Waals surface area contributed by atoms with Crippen LogP contribution in [0.1, 0.15) is 37.8 Å². The van der Waals surface area contributed by atoms with Crippen LogP contribution in [0.2, 0.25) is 0 Å². The van der Waals surface area contributed by atoms with Gasteiger partial charge in [-0.15, -0.1) is 0 Å². The molecular weight excluding hydrogens is 442 g/mol. The molecule has 1 amide bonds. The molecule has 2 aromatic rings. The summed E-state index contributed by atoms with van der Waals surface area (Å²) in [5, 5.41) is 0. The Labute approximate surface area is 198 Å². The van der Waals surface area contributed by atoms with Gasteiger partial charge in [-0.2, -0.15) is 0 Å². The van der Waals surface area contributed by atoms with Gasteiger partial charge in [0.25, 0.3) is 11.5 Å². The fourth-order valence-electron chi connectivity index (χ4n) is 4.03. The third kappa shape index (κ3) is 4.46. The number of hydrogen-bond donors (Lipinski definition) is 0. The van der Waals surface area contributed by atoms with Crippen molar-refractivity contribution >= 4 is 51.7 Å². The number of fused-ring (bicyclic) bond motifs is 1. The SMILES string of the molecule is CCCCN1C(=O)/C(=C\c2c(N3CCN(CC)CC3)nc3ccc(C)cn3c2=O)SC1=S. The number of hydrogen-bond acceptors (Lipinski definition) is 7. The van der Waals surface area contributed by atoms with Gasteiger partial charge in [-0.1, -0.05) is 50.3 Å². The van der Waals surface area contributed by atoms with Gasteiger partial charge in [0.05, 0.1) is 10.5 Å². The molecule has 0 radical (unpaired) electrons. The number of likely N-dealkylation sites (N-methyl/N-ethyl adjacent to an activating group) is 1. The molecule has 2 aliphatic heterocycles. The minimum Gasteiger partial charge on any atom is -0.353 e. The fourth-order valence-corrected chi connectivity index (χ4v) is 5.32. The molecule has 0 aromatic carbocycles. The summed E-state index contributed by atoms with van der Waals surface area (Å²) < 4.78 is 2.13. The van der Waals surface area contributed by atoms with Gasteiger partial charge >= 0.3 is 0 Å². The molecule has 0 aliphatic carbocycles. The molecule has 2 saturated heterocycles. The van der Waals surface area contributed by atoms with Crippen LogP contribution in [0.15, 0.2) is 28.0 Å². The first-order valence-corrected chi connectivity index (χ1v) is 12.4.